The largest absolute Gasteiger partial charge is 0.355 e. The predicted octanol–water partition coefficient (Wildman–Crippen LogP) is 1.17. The second-order valence-electron chi connectivity index (χ2n) is 7.39. The molecule has 1 saturated heterocycles. The van der Waals surface area contributed by atoms with E-state index in [9.17, 15) is 8.42 Å². The van der Waals surface area contributed by atoms with Crippen molar-refractivity contribution < 1.29 is 8.42 Å². The van der Waals surface area contributed by atoms with E-state index < -0.39 is 10.0 Å². The Morgan fingerprint density at radius 1 is 1.07 bits per heavy atom. The van der Waals surface area contributed by atoms with Crippen molar-refractivity contribution in [1.29, 1.82) is 0 Å². The highest BCUT2D eigenvalue weighted by molar-refractivity contribution is 7.89. The molecule has 1 aromatic heterocycles. The summed E-state index contributed by atoms with van der Waals surface area (Å²) in [5.74, 6) is 1.66. The van der Waals surface area contributed by atoms with E-state index in [1.807, 2.05) is 30.3 Å². The lowest BCUT2D eigenvalue weighted by atomic mass is 10.2. The van der Waals surface area contributed by atoms with E-state index in [2.05, 4.69) is 37.2 Å². The molecular formula is C21H28N6O2S. The van der Waals surface area contributed by atoms with Crippen LogP contribution in [0.25, 0.3) is 0 Å². The van der Waals surface area contributed by atoms with Crippen molar-refractivity contribution in [2.75, 3.05) is 61.9 Å². The van der Waals surface area contributed by atoms with Crippen LogP contribution in [-0.2, 0) is 16.4 Å². The summed E-state index contributed by atoms with van der Waals surface area (Å²) in [4.78, 5) is 12.9. The topological polar surface area (TPSA) is 81.1 Å². The van der Waals surface area contributed by atoms with Gasteiger partial charge in [0, 0.05) is 58.2 Å². The molecule has 30 heavy (non-hydrogen) atoms. The Balaban J connectivity index is 1.29. The van der Waals surface area contributed by atoms with Crippen LogP contribution in [0.2, 0.25) is 0 Å². The zero-order valence-electron chi connectivity index (χ0n) is 17.2. The number of aromatic nitrogens is 1. The minimum Gasteiger partial charge on any atom is -0.355 e. The molecule has 0 radical (unpaired) electrons. The number of hydrogen-bond acceptors (Lipinski definition) is 5. The quantitative estimate of drug-likeness (QED) is 0.569. The summed E-state index contributed by atoms with van der Waals surface area (Å²) in [5, 5.41) is 3.23. The lowest BCUT2D eigenvalue weighted by Crippen LogP contribution is -2.50. The fraction of sp³-hybridized carbons (Fsp3) is 0.429. The van der Waals surface area contributed by atoms with E-state index in [-0.39, 0.29) is 5.75 Å². The number of rotatable bonds is 5. The molecule has 2 aliphatic rings. The molecule has 0 spiro atoms. The molecule has 9 heteroatoms. The van der Waals surface area contributed by atoms with Crippen molar-refractivity contribution >= 4 is 27.5 Å². The molecule has 0 saturated carbocycles. The van der Waals surface area contributed by atoms with Crippen LogP contribution in [0, 0.1) is 0 Å². The van der Waals surface area contributed by atoms with Crippen molar-refractivity contribution in [2.24, 2.45) is 4.99 Å². The Morgan fingerprint density at radius 3 is 2.57 bits per heavy atom. The SMILES string of the molecule is CN=C(NCCS(=O)(=O)N1CCN(c2ccccn2)CC1)N1CCc2ccccc21. The highest BCUT2D eigenvalue weighted by Crippen LogP contribution is 2.27. The first-order valence-corrected chi connectivity index (χ1v) is 11.9. The summed E-state index contributed by atoms with van der Waals surface area (Å²) in [6.45, 7) is 3.43. The maximum atomic E-state index is 12.8. The minimum absolute atomic E-state index is 0.0467. The molecule has 3 heterocycles. The van der Waals surface area contributed by atoms with Crippen LogP contribution in [0.15, 0.2) is 53.7 Å². The molecule has 4 rings (SSSR count). The number of anilines is 2. The average molecular weight is 429 g/mol. The van der Waals surface area contributed by atoms with Crippen molar-refractivity contribution in [3.8, 4) is 0 Å². The van der Waals surface area contributed by atoms with Gasteiger partial charge in [-0.3, -0.25) is 4.99 Å². The van der Waals surface area contributed by atoms with Crippen LogP contribution in [0.5, 0.6) is 0 Å². The molecule has 0 atom stereocenters. The fourth-order valence-electron chi connectivity index (χ4n) is 4.01. The van der Waals surface area contributed by atoms with E-state index in [0.717, 1.165) is 30.4 Å². The normalized spacial score (nSPS) is 17.8. The smallest absolute Gasteiger partial charge is 0.215 e. The maximum Gasteiger partial charge on any atom is 0.215 e. The van der Waals surface area contributed by atoms with Gasteiger partial charge in [-0.05, 0) is 30.2 Å². The Kier molecular flexibility index (Phi) is 6.19. The van der Waals surface area contributed by atoms with Gasteiger partial charge in [-0.1, -0.05) is 24.3 Å². The lowest BCUT2D eigenvalue weighted by molar-refractivity contribution is 0.384. The van der Waals surface area contributed by atoms with E-state index in [1.54, 1.807) is 17.5 Å². The summed E-state index contributed by atoms with van der Waals surface area (Å²) >= 11 is 0. The number of hydrogen-bond donors (Lipinski definition) is 1. The number of sulfonamides is 1. The average Bonchev–Trinajstić information content (AvgIpc) is 3.21. The van der Waals surface area contributed by atoms with Gasteiger partial charge in [0.1, 0.15) is 5.82 Å². The summed E-state index contributed by atoms with van der Waals surface area (Å²) < 4.78 is 27.2. The first kappa shape index (κ1) is 20.6. The van der Waals surface area contributed by atoms with Crippen LogP contribution in [0.1, 0.15) is 5.56 Å². The maximum absolute atomic E-state index is 12.8. The van der Waals surface area contributed by atoms with Gasteiger partial charge in [0.05, 0.1) is 5.75 Å². The zero-order chi connectivity index (χ0) is 21.0. The van der Waals surface area contributed by atoms with Gasteiger partial charge in [0.25, 0.3) is 0 Å². The van der Waals surface area contributed by atoms with E-state index in [0.29, 0.717) is 32.7 Å². The first-order valence-electron chi connectivity index (χ1n) is 10.3. The number of para-hydroxylation sites is 1. The molecule has 0 amide bonds. The number of fused-ring (bicyclic) bond motifs is 1. The van der Waals surface area contributed by atoms with Gasteiger partial charge in [-0.2, -0.15) is 4.31 Å². The van der Waals surface area contributed by atoms with E-state index >= 15 is 0 Å². The second-order valence-corrected chi connectivity index (χ2v) is 9.48. The molecular weight excluding hydrogens is 400 g/mol. The Hall–Kier alpha value is -2.65. The van der Waals surface area contributed by atoms with Gasteiger partial charge in [0.15, 0.2) is 5.96 Å². The van der Waals surface area contributed by atoms with Gasteiger partial charge in [0.2, 0.25) is 10.0 Å². The number of guanidine groups is 1. The number of nitrogens with one attached hydrogen (secondary N) is 1. The summed E-state index contributed by atoms with van der Waals surface area (Å²) in [6.07, 6.45) is 2.73. The first-order chi connectivity index (χ1) is 14.6. The molecule has 1 N–H and O–H groups in total. The van der Waals surface area contributed by atoms with Crippen molar-refractivity contribution in [3.05, 3.63) is 54.2 Å². The third-order valence-corrected chi connectivity index (χ3v) is 7.48. The molecule has 2 aromatic rings. The zero-order valence-corrected chi connectivity index (χ0v) is 18.1. The second kappa shape index (κ2) is 9.01. The van der Waals surface area contributed by atoms with Gasteiger partial charge in [-0.25, -0.2) is 13.4 Å². The molecule has 2 aliphatic heterocycles. The summed E-state index contributed by atoms with van der Waals surface area (Å²) in [7, 11) is -1.60. The monoisotopic (exact) mass is 428 g/mol. The molecule has 0 unspecified atom stereocenters. The third kappa shape index (κ3) is 4.41. The molecule has 0 aliphatic carbocycles. The van der Waals surface area contributed by atoms with Crippen molar-refractivity contribution in [1.82, 2.24) is 14.6 Å². The lowest BCUT2D eigenvalue weighted by Gasteiger charge is -2.34. The third-order valence-electron chi connectivity index (χ3n) is 5.60. The highest BCUT2D eigenvalue weighted by Gasteiger charge is 2.28. The van der Waals surface area contributed by atoms with E-state index in [4.69, 9.17) is 0 Å². The number of aliphatic imine (C=N–C) groups is 1. The predicted molar refractivity (Wildman–Crippen MR) is 121 cm³/mol. The molecule has 160 valence electrons. The van der Waals surface area contributed by atoms with Crippen LogP contribution in [-0.4, -0.2) is 75.7 Å². The van der Waals surface area contributed by atoms with Crippen LogP contribution >= 0.6 is 0 Å². The Labute approximate surface area is 178 Å². The number of piperazine rings is 1. The number of nitrogens with zero attached hydrogens (tertiary/aromatic N) is 5. The minimum atomic E-state index is -3.33. The summed E-state index contributed by atoms with van der Waals surface area (Å²) in [6, 6.07) is 14.0. The van der Waals surface area contributed by atoms with Gasteiger partial charge in [-0.15, -0.1) is 0 Å². The van der Waals surface area contributed by atoms with Crippen LogP contribution in [0.3, 0.4) is 0 Å². The molecule has 1 fully saturated rings. The molecule has 0 bridgehead atoms. The van der Waals surface area contributed by atoms with Crippen molar-refractivity contribution in [3.63, 3.8) is 0 Å². The van der Waals surface area contributed by atoms with Gasteiger partial charge < -0.3 is 15.1 Å². The van der Waals surface area contributed by atoms with Gasteiger partial charge >= 0.3 is 0 Å². The highest BCUT2D eigenvalue weighted by atomic mass is 32.2. The standard InChI is InChI=1S/C21H28N6O2S/c1-22-21(27-12-9-18-6-2-3-7-19(18)27)24-11-17-30(28,29)26-15-13-25(14-16-26)20-8-4-5-10-23-20/h2-8,10H,9,11-17H2,1H3,(H,22,24). The summed E-state index contributed by atoms with van der Waals surface area (Å²) in [5.41, 5.74) is 2.43. The Bertz CT molecular complexity index is 988. The number of benzene rings is 1. The van der Waals surface area contributed by atoms with Crippen LogP contribution in [0.4, 0.5) is 11.5 Å². The van der Waals surface area contributed by atoms with E-state index in [1.165, 1.54) is 5.56 Å². The fourth-order valence-corrected chi connectivity index (χ4v) is 5.35. The molecule has 8 nitrogen and oxygen atoms in total. The molecule has 1 aromatic carbocycles. The van der Waals surface area contributed by atoms with Crippen LogP contribution < -0.4 is 15.1 Å². The number of pyridine rings is 1. The van der Waals surface area contributed by atoms with Crippen molar-refractivity contribution in [2.45, 2.75) is 6.42 Å². The Morgan fingerprint density at radius 2 is 1.83 bits per heavy atom.